The maximum atomic E-state index is 11.7. The number of carbonyl (C=O) groups excluding carboxylic acids is 2. The van der Waals surface area contributed by atoms with E-state index in [9.17, 15) is 9.59 Å². The van der Waals surface area contributed by atoms with Gasteiger partial charge in [-0.2, -0.15) is 5.10 Å². The Morgan fingerprint density at radius 1 is 1.35 bits per heavy atom. The molecule has 17 heavy (non-hydrogen) atoms. The second kappa shape index (κ2) is 6.03. The van der Waals surface area contributed by atoms with Crippen molar-refractivity contribution in [1.82, 2.24) is 20.4 Å². The lowest BCUT2D eigenvalue weighted by Crippen LogP contribution is -2.41. The van der Waals surface area contributed by atoms with Crippen LogP contribution >= 0.6 is 0 Å². The molecule has 0 spiro atoms. The zero-order valence-electron chi connectivity index (χ0n) is 10.3. The van der Waals surface area contributed by atoms with E-state index in [0.29, 0.717) is 0 Å². The second-order valence-electron chi connectivity index (χ2n) is 4.10. The SMILES string of the molecule is CC(C)NC(=O)CNC(=O)C(C)n1cccn1. The quantitative estimate of drug-likeness (QED) is 0.763. The molecule has 1 heterocycles. The van der Waals surface area contributed by atoms with E-state index in [1.807, 2.05) is 13.8 Å². The minimum absolute atomic E-state index is 0.0113. The average Bonchev–Trinajstić information content (AvgIpc) is 2.77. The van der Waals surface area contributed by atoms with Crippen LogP contribution in [0.25, 0.3) is 0 Å². The normalized spacial score (nSPS) is 12.2. The largest absolute Gasteiger partial charge is 0.352 e. The zero-order chi connectivity index (χ0) is 12.8. The molecule has 2 amide bonds. The second-order valence-corrected chi connectivity index (χ2v) is 4.10. The molecule has 0 radical (unpaired) electrons. The first-order valence-corrected chi connectivity index (χ1v) is 5.57. The Labute approximate surface area is 100 Å². The van der Waals surface area contributed by atoms with Gasteiger partial charge in [-0.1, -0.05) is 0 Å². The highest BCUT2D eigenvalue weighted by Gasteiger charge is 2.15. The van der Waals surface area contributed by atoms with Crippen molar-refractivity contribution in [2.24, 2.45) is 0 Å². The Hall–Kier alpha value is -1.85. The van der Waals surface area contributed by atoms with Gasteiger partial charge in [-0.3, -0.25) is 14.3 Å². The summed E-state index contributed by atoms with van der Waals surface area (Å²) in [5.74, 6) is -0.423. The van der Waals surface area contributed by atoms with Gasteiger partial charge in [0.25, 0.3) is 0 Å². The molecule has 6 heteroatoms. The minimum Gasteiger partial charge on any atom is -0.352 e. The summed E-state index contributed by atoms with van der Waals surface area (Å²) in [5.41, 5.74) is 0. The van der Waals surface area contributed by atoms with Crippen LogP contribution in [-0.2, 0) is 9.59 Å². The first kappa shape index (κ1) is 13.2. The van der Waals surface area contributed by atoms with Gasteiger partial charge in [0.2, 0.25) is 11.8 Å². The molecule has 1 aromatic rings. The lowest BCUT2D eigenvalue weighted by Gasteiger charge is -2.13. The average molecular weight is 238 g/mol. The molecule has 0 aliphatic rings. The first-order chi connectivity index (χ1) is 8.00. The Morgan fingerprint density at radius 3 is 2.59 bits per heavy atom. The highest BCUT2D eigenvalue weighted by molar-refractivity contribution is 5.86. The molecule has 0 bridgehead atoms. The Morgan fingerprint density at radius 2 is 2.06 bits per heavy atom. The van der Waals surface area contributed by atoms with Crippen molar-refractivity contribution in [3.05, 3.63) is 18.5 Å². The predicted octanol–water partition coefficient (Wildman–Crippen LogP) is 0.0849. The van der Waals surface area contributed by atoms with Gasteiger partial charge in [-0.15, -0.1) is 0 Å². The number of rotatable bonds is 5. The summed E-state index contributed by atoms with van der Waals surface area (Å²) in [7, 11) is 0. The van der Waals surface area contributed by atoms with Crippen molar-refractivity contribution in [3.8, 4) is 0 Å². The molecule has 1 unspecified atom stereocenters. The van der Waals surface area contributed by atoms with Crippen molar-refractivity contribution in [2.75, 3.05) is 6.54 Å². The number of nitrogens with one attached hydrogen (secondary N) is 2. The number of nitrogens with zero attached hydrogens (tertiary/aromatic N) is 2. The third-order valence-electron chi connectivity index (χ3n) is 2.17. The molecular formula is C11H18N4O2. The summed E-state index contributed by atoms with van der Waals surface area (Å²) in [6, 6.07) is 1.40. The van der Waals surface area contributed by atoms with Crippen molar-refractivity contribution in [3.63, 3.8) is 0 Å². The van der Waals surface area contributed by atoms with Crippen molar-refractivity contribution in [1.29, 1.82) is 0 Å². The van der Waals surface area contributed by atoms with Crippen molar-refractivity contribution in [2.45, 2.75) is 32.9 Å². The Balaban J connectivity index is 2.37. The maximum Gasteiger partial charge on any atom is 0.245 e. The van der Waals surface area contributed by atoms with Crippen LogP contribution in [0.1, 0.15) is 26.8 Å². The molecule has 0 aliphatic carbocycles. The Bertz CT molecular complexity index is 373. The number of aromatic nitrogens is 2. The Kier molecular flexibility index (Phi) is 4.68. The number of amides is 2. The number of hydrogen-bond donors (Lipinski definition) is 2. The fraction of sp³-hybridized carbons (Fsp3) is 0.545. The molecule has 6 nitrogen and oxygen atoms in total. The van der Waals surface area contributed by atoms with Gasteiger partial charge in [-0.05, 0) is 26.8 Å². The smallest absolute Gasteiger partial charge is 0.245 e. The standard InChI is InChI=1S/C11H18N4O2/c1-8(2)14-10(16)7-12-11(17)9(3)15-6-4-5-13-15/h4-6,8-9H,7H2,1-3H3,(H,12,17)(H,14,16). The van der Waals surface area contributed by atoms with Crippen LogP contribution < -0.4 is 10.6 Å². The molecule has 2 N–H and O–H groups in total. The summed E-state index contributed by atoms with van der Waals surface area (Å²) in [5, 5.41) is 9.23. The van der Waals surface area contributed by atoms with Gasteiger partial charge in [0.1, 0.15) is 6.04 Å². The number of hydrogen-bond acceptors (Lipinski definition) is 3. The molecule has 1 atom stereocenters. The van der Waals surface area contributed by atoms with E-state index in [0.717, 1.165) is 0 Å². The highest BCUT2D eigenvalue weighted by Crippen LogP contribution is 2.02. The van der Waals surface area contributed by atoms with Crippen molar-refractivity contribution >= 4 is 11.8 Å². The molecule has 0 aliphatic heterocycles. The first-order valence-electron chi connectivity index (χ1n) is 5.57. The summed E-state index contributed by atoms with van der Waals surface area (Å²) < 4.78 is 1.54. The summed E-state index contributed by atoms with van der Waals surface area (Å²) in [6.45, 7) is 5.45. The third-order valence-corrected chi connectivity index (χ3v) is 2.17. The van der Waals surface area contributed by atoms with Crippen LogP contribution in [0.5, 0.6) is 0 Å². The highest BCUT2D eigenvalue weighted by atomic mass is 16.2. The summed E-state index contributed by atoms with van der Waals surface area (Å²) >= 11 is 0. The van der Waals surface area contributed by atoms with Gasteiger partial charge in [0.05, 0.1) is 6.54 Å². The van der Waals surface area contributed by atoms with Crippen LogP contribution in [0.4, 0.5) is 0 Å². The minimum atomic E-state index is -0.420. The van der Waals surface area contributed by atoms with E-state index in [4.69, 9.17) is 0 Å². The molecule has 0 saturated heterocycles. The fourth-order valence-corrected chi connectivity index (χ4v) is 1.32. The molecule has 0 aromatic carbocycles. The van der Waals surface area contributed by atoms with E-state index >= 15 is 0 Å². The van der Waals surface area contributed by atoms with E-state index in [1.165, 1.54) is 4.68 Å². The lowest BCUT2D eigenvalue weighted by molar-refractivity contribution is -0.128. The van der Waals surface area contributed by atoms with Gasteiger partial charge >= 0.3 is 0 Å². The van der Waals surface area contributed by atoms with Crippen LogP contribution in [0.2, 0.25) is 0 Å². The topological polar surface area (TPSA) is 76.0 Å². The zero-order valence-corrected chi connectivity index (χ0v) is 10.3. The van der Waals surface area contributed by atoms with Crippen LogP contribution in [0, 0.1) is 0 Å². The molecule has 1 aromatic heterocycles. The molecule has 94 valence electrons. The third kappa shape index (κ3) is 4.26. The fourth-order valence-electron chi connectivity index (χ4n) is 1.32. The van der Waals surface area contributed by atoms with E-state index in [-0.39, 0.29) is 24.4 Å². The molecule has 0 saturated carbocycles. The summed E-state index contributed by atoms with van der Waals surface area (Å²) in [6.07, 6.45) is 3.31. The molecule has 0 fully saturated rings. The predicted molar refractivity (Wildman–Crippen MR) is 63.2 cm³/mol. The van der Waals surface area contributed by atoms with Gasteiger partial charge in [0.15, 0.2) is 0 Å². The van der Waals surface area contributed by atoms with Crippen LogP contribution in [0.3, 0.4) is 0 Å². The lowest BCUT2D eigenvalue weighted by atomic mass is 10.3. The molecule has 1 rings (SSSR count). The maximum absolute atomic E-state index is 11.7. The van der Waals surface area contributed by atoms with E-state index in [1.54, 1.807) is 25.4 Å². The monoisotopic (exact) mass is 238 g/mol. The molecular weight excluding hydrogens is 220 g/mol. The van der Waals surface area contributed by atoms with Gasteiger partial charge in [-0.25, -0.2) is 0 Å². The van der Waals surface area contributed by atoms with E-state index < -0.39 is 6.04 Å². The summed E-state index contributed by atoms with van der Waals surface area (Å²) in [4.78, 5) is 23.0. The van der Waals surface area contributed by atoms with Crippen LogP contribution in [0.15, 0.2) is 18.5 Å². The number of carbonyl (C=O) groups is 2. The van der Waals surface area contributed by atoms with Gasteiger partial charge in [0, 0.05) is 18.4 Å². The van der Waals surface area contributed by atoms with Crippen molar-refractivity contribution < 1.29 is 9.59 Å². The van der Waals surface area contributed by atoms with Crippen LogP contribution in [-0.4, -0.2) is 34.2 Å². The van der Waals surface area contributed by atoms with Gasteiger partial charge < -0.3 is 10.6 Å². The van der Waals surface area contributed by atoms with E-state index in [2.05, 4.69) is 15.7 Å².